The Bertz CT molecular complexity index is 913. The van der Waals surface area contributed by atoms with Crippen LogP contribution in [0.15, 0.2) is 36.9 Å². The number of fused-ring (bicyclic) bond motifs is 1. The van der Waals surface area contributed by atoms with E-state index in [9.17, 15) is 15.3 Å². The molecule has 26 heavy (non-hydrogen) atoms. The van der Waals surface area contributed by atoms with E-state index in [0.29, 0.717) is 17.0 Å². The van der Waals surface area contributed by atoms with E-state index in [2.05, 4.69) is 20.3 Å². The highest BCUT2D eigenvalue weighted by atomic mass is 16.6. The summed E-state index contributed by atoms with van der Waals surface area (Å²) in [5.41, 5.74) is 2.96. The molecular formula is C17H19N5O4. The minimum absolute atomic E-state index is 0.392. The fourth-order valence-corrected chi connectivity index (χ4v) is 3.01. The Kier molecular flexibility index (Phi) is 4.29. The monoisotopic (exact) mass is 357 g/mol. The molecule has 0 spiro atoms. The lowest BCUT2D eigenvalue weighted by Crippen LogP contribution is -2.33. The van der Waals surface area contributed by atoms with Crippen LogP contribution in [0.3, 0.4) is 0 Å². The number of hydrogen-bond donors (Lipinski definition) is 4. The summed E-state index contributed by atoms with van der Waals surface area (Å²) in [5, 5.41) is 32.6. The smallest absolute Gasteiger partial charge is 0.167 e. The van der Waals surface area contributed by atoms with Gasteiger partial charge in [-0.3, -0.25) is 4.57 Å². The average molecular weight is 357 g/mol. The van der Waals surface area contributed by atoms with Gasteiger partial charge in [-0.15, -0.1) is 0 Å². The van der Waals surface area contributed by atoms with Crippen LogP contribution in [-0.4, -0.2) is 59.8 Å². The molecule has 1 aromatic carbocycles. The number of aliphatic hydroxyl groups is 3. The van der Waals surface area contributed by atoms with Crippen LogP contribution in [-0.2, 0) is 4.74 Å². The molecule has 0 bridgehead atoms. The van der Waals surface area contributed by atoms with Crippen LogP contribution in [0.25, 0.3) is 11.2 Å². The Morgan fingerprint density at radius 1 is 1.12 bits per heavy atom. The lowest BCUT2D eigenvalue weighted by atomic mass is 10.1. The van der Waals surface area contributed by atoms with Crippen LogP contribution in [0.1, 0.15) is 11.8 Å². The molecule has 1 aliphatic heterocycles. The maximum absolute atomic E-state index is 10.2. The van der Waals surface area contributed by atoms with E-state index in [1.807, 2.05) is 31.2 Å². The molecule has 0 amide bonds. The molecule has 0 aliphatic carbocycles. The second-order valence-electron chi connectivity index (χ2n) is 6.27. The maximum Gasteiger partial charge on any atom is 0.167 e. The third kappa shape index (κ3) is 2.80. The van der Waals surface area contributed by atoms with Crippen molar-refractivity contribution in [2.24, 2.45) is 0 Å². The molecule has 0 radical (unpaired) electrons. The number of aliphatic hydroxyl groups excluding tert-OH is 3. The molecule has 3 aromatic rings. The van der Waals surface area contributed by atoms with E-state index in [1.54, 1.807) is 0 Å². The summed E-state index contributed by atoms with van der Waals surface area (Å²) in [5.74, 6) is 0.518. The van der Waals surface area contributed by atoms with Crippen molar-refractivity contribution in [1.29, 1.82) is 0 Å². The Morgan fingerprint density at radius 3 is 2.58 bits per heavy atom. The normalized spacial score (nSPS) is 25.7. The van der Waals surface area contributed by atoms with Crippen LogP contribution in [0.2, 0.25) is 0 Å². The number of imidazole rings is 1. The molecule has 0 unspecified atom stereocenters. The van der Waals surface area contributed by atoms with Crippen molar-refractivity contribution in [3.05, 3.63) is 42.5 Å². The summed E-state index contributed by atoms with van der Waals surface area (Å²) in [4.78, 5) is 12.8. The number of ether oxygens (including phenoxy) is 1. The van der Waals surface area contributed by atoms with Crippen molar-refractivity contribution in [2.75, 3.05) is 11.9 Å². The predicted molar refractivity (Wildman–Crippen MR) is 92.8 cm³/mol. The van der Waals surface area contributed by atoms with Gasteiger partial charge >= 0.3 is 0 Å². The third-order valence-corrected chi connectivity index (χ3v) is 4.46. The first-order valence-corrected chi connectivity index (χ1v) is 8.22. The largest absolute Gasteiger partial charge is 0.394 e. The van der Waals surface area contributed by atoms with E-state index in [4.69, 9.17) is 4.74 Å². The second kappa shape index (κ2) is 6.61. The molecule has 3 heterocycles. The average Bonchev–Trinajstić information content (AvgIpc) is 3.19. The highest BCUT2D eigenvalue weighted by molar-refractivity contribution is 5.85. The summed E-state index contributed by atoms with van der Waals surface area (Å²) < 4.78 is 7.08. The van der Waals surface area contributed by atoms with Gasteiger partial charge in [-0.2, -0.15) is 0 Å². The standard InChI is InChI=1S/C17H19N5O4/c1-9-2-4-10(5-3-9)21-15-12-16(19-7-18-15)22(8-20-12)17-14(25)13(24)11(6-23)26-17/h2-5,7-8,11,13-14,17,23-25H,6H2,1H3,(H,18,19,21)/t11-,13+,14-,17+/m0/s1. The number of hydrogen-bond acceptors (Lipinski definition) is 8. The fourth-order valence-electron chi connectivity index (χ4n) is 3.01. The van der Waals surface area contributed by atoms with E-state index < -0.39 is 31.1 Å². The second-order valence-corrected chi connectivity index (χ2v) is 6.27. The molecule has 2 aromatic heterocycles. The molecule has 1 aliphatic rings. The van der Waals surface area contributed by atoms with Gasteiger partial charge in [0.1, 0.15) is 24.6 Å². The predicted octanol–water partition coefficient (Wildman–Crippen LogP) is 0.490. The first-order chi connectivity index (χ1) is 12.6. The quantitative estimate of drug-likeness (QED) is 0.532. The number of rotatable bonds is 4. The van der Waals surface area contributed by atoms with Crippen LogP contribution in [0, 0.1) is 6.92 Å². The summed E-state index contributed by atoms with van der Waals surface area (Å²) >= 11 is 0. The number of nitrogens with one attached hydrogen (secondary N) is 1. The fraction of sp³-hybridized carbons (Fsp3) is 0.353. The topological polar surface area (TPSA) is 126 Å². The zero-order chi connectivity index (χ0) is 18.3. The van der Waals surface area contributed by atoms with Crippen LogP contribution < -0.4 is 5.32 Å². The molecular weight excluding hydrogens is 338 g/mol. The Morgan fingerprint density at radius 2 is 1.88 bits per heavy atom. The van der Waals surface area contributed by atoms with Crippen molar-refractivity contribution in [3.8, 4) is 0 Å². The van der Waals surface area contributed by atoms with Gasteiger partial charge in [-0.25, -0.2) is 15.0 Å². The molecule has 1 fully saturated rings. The molecule has 4 N–H and O–H groups in total. The van der Waals surface area contributed by atoms with Crippen molar-refractivity contribution >= 4 is 22.7 Å². The number of nitrogens with zero attached hydrogens (tertiary/aromatic N) is 4. The molecule has 9 heteroatoms. The van der Waals surface area contributed by atoms with Crippen molar-refractivity contribution < 1.29 is 20.1 Å². The van der Waals surface area contributed by atoms with Gasteiger partial charge in [-0.05, 0) is 19.1 Å². The van der Waals surface area contributed by atoms with E-state index in [0.717, 1.165) is 11.3 Å². The molecule has 0 saturated carbocycles. The van der Waals surface area contributed by atoms with Gasteiger partial charge in [-0.1, -0.05) is 17.7 Å². The zero-order valence-electron chi connectivity index (χ0n) is 14.0. The minimum atomic E-state index is -1.20. The first kappa shape index (κ1) is 16.9. The molecule has 1 saturated heterocycles. The first-order valence-electron chi connectivity index (χ1n) is 8.22. The van der Waals surface area contributed by atoms with Crippen molar-refractivity contribution in [3.63, 3.8) is 0 Å². The number of aryl methyl sites for hydroxylation is 1. The van der Waals surface area contributed by atoms with E-state index in [-0.39, 0.29) is 0 Å². The summed E-state index contributed by atoms with van der Waals surface area (Å²) in [6, 6.07) is 7.84. The number of anilines is 2. The SMILES string of the molecule is Cc1ccc(Nc2ncnc3c2ncn3[C@@H]2O[C@@H](CO)[C@@H](O)[C@@H]2O)cc1. The zero-order valence-corrected chi connectivity index (χ0v) is 14.0. The van der Waals surface area contributed by atoms with Gasteiger partial charge in [0.2, 0.25) is 0 Å². The summed E-state index contributed by atoms with van der Waals surface area (Å²) in [6.45, 7) is 1.62. The Hall–Kier alpha value is -2.59. The molecule has 9 nitrogen and oxygen atoms in total. The lowest BCUT2D eigenvalue weighted by molar-refractivity contribution is -0.0511. The van der Waals surface area contributed by atoms with Gasteiger partial charge in [0.15, 0.2) is 23.2 Å². The van der Waals surface area contributed by atoms with E-state index in [1.165, 1.54) is 17.2 Å². The third-order valence-electron chi connectivity index (χ3n) is 4.46. The van der Waals surface area contributed by atoms with Crippen LogP contribution in [0.4, 0.5) is 11.5 Å². The Balaban J connectivity index is 1.68. The summed E-state index contributed by atoms with van der Waals surface area (Å²) in [7, 11) is 0. The van der Waals surface area contributed by atoms with E-state index >= 15 is 0 Å². The van der Waals surface area contributed by atoms with Crippen LogP contribution >= 0.6 is 0 Å². The number of benzene rings is 1. The highest BCUT2D eigenvalue weighted by Crippen LogP contribution is 2.32. The summed E-state index contributed by atoms with van der Waals surface area (Å²) in [6.07, 6.45) is -1.28. The highest BCUT2D eigenvalue weighted by Gasteiger charge is 2.44. The minimum Gasteiger partial charge on any atom is -0.394 e. The van der Waals surface area contributed by atoms with Gasteiger partial charge in [0, 0.05) is 5.69 Å². The number of aromatic nitrogens is 4. The van der Waals surface area contributed by atoms with Crippen LogP contribution in [0.5, 0.6) is 0 Å². The van der Waals surface area contributed by atoms with Crippen molar-refractivity contribution in [2.45, 2.75) is 31.5 Å². The lowest BCUT2D eigenvalue weighted by Gasteiger charge is -2.16. The molecule has 4 atom stereocenters. The van der Waals surface area contributed by atoms with Gasteiger partial charge in [0.25, 0.3) is 0 Å². The molecule has 136 valence electrons. The van der Waals surface area contributed by atoms with Gasteiger partial charge in [0.05, 0.1) is 12.9 Å². The molecule has 4 rings (SSSR count). The van der Waals surface area contributed by atoms with Crippen molar-refractivity contribution in [1.82, 2.24) is 19.5 Å². The Labute approximate surface area is 148 Å². The van der Waals surface area contributed by atoms with Gasteiger partial charge < -0.3 is 25.4 Å². The maximum atomic E-state index is 10.2.